The van der Waals surface area contributed by atoms with Gasteiger partial charge in [-0.05, 0) is 49.9 Å². The predicted molar refractivity (Wildman–Crippen MR) is 81.1 cm³/mol. The molecule has 5 nitrogen and oxygen atoms in total. The zero-order valence-electron chi connectivity index (χ0n) is 11.3. The topological polar surface area (TPSA) is 63.6 Å². The average molecular weight is 301 g/mol. The van der Waals surface area contributed by atoms with E-state index in [9.17, 15) is 4.79 Å². The number of hydrogen-bond donors (Lipinski definition) is 1. The van der Waals surface area contributed by atoms with Crippen molar-refractivity contribution in [2.24, 2.45) is 0 Å². The molecule has 0 fully saturated rings. The summed E-state index contributed by atoms with van der Waals surface area (Å²) in [5.74, 6) is 0. The zero-order chi connectivity index (χ0) is 14.4. The Balaban J connectivity index is 1.97. The van der Waals surface area contributed by atoms with Crippen LogP contribution in [-0.2, 0) is 12.8 Å². The number of H-pyrrole nitrogens is 1. The molecule has 0 saturated carbocycles. The molecule has 0 spiro atoms. The molecule has 0 unspecified atom stereocenters. The van der Waals surface area contributed by atoms with Gasteiger partial charge in [0.05, 0.1) is 16.9 Å². The molecule has 4 rings (SSSR count). The van der Waals surface area contributed by atoms with Crippen molar-refractivity contribution in [3.05, 3.63) is 50.9 Å². The van der Waals surface area contributed by atoms with Crippen LogP contribution in [0.5, 0.6) is 0 Å². The maximum Gasteiger partial charge on any atom is 0.299 e. The van der Waals surface area contributed by atoms with E-state index in [0.717, 1.165) is 48.1 Å². The van der Waals surface area contributed by atoms with Gasteiger partial charge in [0, 0.05) is 10.6 Å². The first-order chi connectivity index (χ1) is 10.2. The van der Waals surface area contributed by atoms with E-state index >= 15 is 0 Å². The standard InChI is InChI=1S/C15H13ClN4O/c16-9-5-7-10(8-6-9)20-15(21)14-13(19-20)11-3-1-2-4-12(11)17-18-14/h5-8,19H,1-4H2. The number of hydrogen-bond acceptors (Lipinski definition) is 3. The average Bonchev–Trinajstić information content (AvgIpc) is 2.86. The highest BCUT2D eigenvalue weighted by Crippen LogP contribution is 2.24. The molecule has 1 aliphatic carbocycles. The van der Waals surface area contributed by atoms with E-state index in [1.807, 2.05) is 0 Å². The number of aryl methyl sites for hydroxylation is 2. The monoisotopic (exact) mass is 300 g/mol. The van der Waals surface area contributed by atoms with Gasteiger partial charge < -0.3 is 0 Å². The molecule has 0 atom stereocenters. The van der Waals surface area contributed by atoms with Crippen LogP contribution in [0.1, 0.15) is 24.1 Å². The lowest BCUT2D eigenvalue weighted by atomic mass is 9.96. The van der Waals surface area contributed by atoms with E-state index in [-0.39, 0.29) is 5.56 Å². The van der Waals surface area contributed by atoms with Crippen molar-refractivity contribution in [3.63, 3.8) is 0 Å². The van der Waals surface area contributed by atoms with Gasteiger partial charge in [0.15, 0.2) is 5.52 Å². The lowest BCUT2D eigenvalue weighted by molar-refractivity contribution is 0.661. The summed E-state index contributed by atoms with van der Waals surface area (Å²) >= 11 is 5.89. The van der Waals surface area contributed by atoms with E-state index in [4.69, 9.17) is 11.6 Å². The Morgan fingerprint density at radius 3 is 2.67 bits per heavy atom. The van der Waals surface area contributed by atoms with Crippen molar-refractivity contribution in [3.8, 4) is 5.69 Å². The number of aromatic amines is 1. The normalized spacial score (nSPS) is 14.3. The fourth-order valence-electron chi connectivity index (χ4n) is 2.88. The van der Waals surface area contributed by atoms with Crippen molar-refractivity contribution in [1.82, 2.24) is 20.0 Å². The van der Waals surface area contributed by atoms with Crippen molar-refractivity contribution in [2.45, 2.75) is 25.7 Å². The smallest absolute Gasteiger partial charge is 0.288 e. The second-order valence-electron chi connectivity index (χ2n) is 5.28. The molecule has 0 bridgehead atoms. The minimum Gasteiger partial charge on any atom is -0.288 e. The van der Waals surface area contributed by atoms with Gasteiger partial charge in [-0.25, -0.2) is 4.68 Å². The lowest BCUT2D eigenvalue weighted by Crippen LogP contribution is -2.15. The molecule has 0 radical (unpaired) electrons. The van der Waals surface area contributed by atoms with E-state index in [1.165, 1.54) is 4.68 Å². The second kappa shape index (κ2) is 4.70. The molecule has 3 aromatic rings. The molecular weight excluding hydrogens is 288 g/mol. The third-order valence-electron chi connectivity index (χ3n) is 3.96. The van der Waals surface area contributed by atoms with Crippen LogP contribution in [0.2, 0.25) is 5.02 Å². The summed E-state index contributed by atoms with van der Waals surface area (Å²) in [7, 11) is 0. The minimum absolute atomic E-state index is 0.173. The maximum atomic E-state index is 12.5. The van der Waals surface area contributed by atoms with Crippen molar-refractivity contribution < 1.29 is 0 Å². The highest BCUT2D eigenvalue weighted by atomic mass is 35.5. The first kappa shape index (κ1) is 12.6. The number of nitrogens with one attached hydrogen (secondary N) is 1. The van der Waals surface area contributed by atoms with Crippen LogP contribution in [-0.4, -0.2) is 20.0 Å². The minimum atomic E-state index is -0.173. The number of halogens is 1. The maximum absolute atomic E-state index is 12.5. The molecule has 106 valence electrons. The molecule has 0 saturated heterocycles. The molecule has 1 aromatic carbocycles. The van der Waals surface area contributed by atoms with Crippen LogP contribution in [0.4, 0.5) is 0 Å². The molecule has 1 N–H and O–H groups in total. The van der Waals surface area contributed by atoms with Crippen LogP contribution in [0.3, 0.4) is 0 Å². The quantitative estimate of drug-likeness (QED) is 0.751. The number of rotatable bonds is 1. The van der Waals surface area contributed by atoms with E-state index in [1.54, 1.807) is 24.3 Å². The van der Waals surface area contributed by atoms with Gasteiger partial charge in [-0.1, -0.05) is 11.6 Å². The van der Waals surface area contributed by atoms with Gasteiger partial charge >= 0.3 is 0 Å². The third-order valence-corrected chi connectivity index (χ3v) is 4.21. The summed E-state index contributed by atoms with van der Waals surface area (Å²) in [4.78, 5) is 12.5. The molecule has 1 aliphatic rings. The van der Waals surface area contributed by atoms with Gasteiger partial charge in [0.25, 0.3) is 5.56 Å². The molecule has 2 aromatic heterocycles. The zero-order valence-corrected chi connectivity index (χ0v) is 12.0. The largest absolute Gasteiger partial charge is 0.299 e. The Labute approximate surface area is 125 Å². The molecule has 2 heterocycles. The van der Waals surface area contributed by atoms with Crippen LogP contribution in [0.25, 0.3) is 16.7 Å². The summed E-state index contributed by atoms with van der Waals surface area (Å²) in [6, 6.07) is 7.13. The highest BCUT2D eigenvalue weighted by Gasteiger charge is 2.19. The van der Waals surface area contributed by atoms with E-state index < -0.39 is 0 Å². The lowest BCUT2D eigenvalue weighted by Gasteiger charge is -2.13. The van der Waals surface area contributed by atoms with Crippen LogP contribution in [0.15, 0.2) is 29.1 Å². The first-order valence-corrected chi connectivity index (χ1v) is 7.37. The van der Waals surface area contributed by atoms with Crippen molar-refractivity contribution in [1.29, 1.82) is 0 Å². The first-order valence-electron chi connectivity index (χ1n) is 6.99. The van der Waals surface area contributed by atoms with E-state index in [2.05, 4.69) is 15.3 Å². The Bertz CT molecular complexity index is 879. The number of nitrogens with zero attached hydrogens (tertiary/aromatic N) is 3. The van der Waals surface area contributed by atoms with Gasteiger partial charge in [-0.3, -0.25) is 9.89 Å². The SMILES string of the molecule is O=c1c2nnc3c(c2[nH]n1-c1ccc(Cl)cc1)CCCC3. The Morgan fingerprint density at radius 2 is 1.86 bits per heavy atom. The molecular formula is C15H13ClN4O. The fourth-order valence-corrected chi connectivity index (χ4v) is 3.01. The molecule has 0 aliphatic heterocycles. The van der Waals surface area contributed by atoms with Gasteiger partial charge in [0.1, 0.15) is 0 Å². The van der Waals surface area contributed by atoms with Crippen LogP contribution >= 0.6 is 11.6 Å². The number of benzene rings is 1. The van der Waals surface area contributed by atoms with E-state index in [0.29, 0.717) is 10.5 Å². The Kier molecular flexibility index (Phi) is 2.82. The molecule has 6 heteroatoms. The Hall–Kier alpha value is -2.14. The van der Waals surface area contributed by atoms with Crippen molar-refractivity contribution >= 4 is 22.6 Å². The fraction of sp³-hybridized carbons (Fsp3) is 0.267. The Morgan fingerprint density at radius 1 is 1.10 bits per heavy atom. The summed E-state index contributed by atoms with van der Waals surface area (Å²) < 4.78 is 1.50. The summed E-state index contributed by atoms with van der Waals surface area (Å²) in [6.07, 6.45) is 4.14. The van der Waals surface area contributed by atoms with Gasteiger partial charge in [-0.2, -0.15) is 5.10 Å². The van der Waals surface area contributed by atoms with Crippen molar-refractivity contribution in [2.75, 3.05) is 0 Å². The molecule has 0 amide bonds. The summed E-state index contributed by atoms with van der Waals surface area (Å²) in [5.41, 5.74) is 3.94. The third kappa shape index (κ3) is 1.96. The van der Waals surface area contributed by atoms with Gasteiger partial charge in [0.2, 0.25) is 0 Å². The summed E-state index contributed by atoms with van der Waals surface area (Å²) in [5, 5.41) is 12.2. The number of aromatic nitrogens is 4. The molecule has 21 heavy (non-hydrogen) atoms. The van der Waals surface area contributed by atoms with Crippen LogP contribution < -0.4 is 5.56 Å². The summed E-state index contributed by atoms with van der Waals surface area (Å²) in [6.45, 7) is 0. The predicted octanol–water partition coefficient (Wildman–Crippen LogP) is 2.64. The van der Waals surface area contributed by atoms with Gasteiger partial charge in [-0.15, -0.1) is 5.10 Å². The second-order valence-corrected chi connectivity index (χ2v) is 5.72. The van der Waals surface area contributed by atoms with Crippen LogP contribution in [0, 0.1) is 0 Å². The highest BCUT2D eigenvalue weighted by molar-refractivity contribution is 6.30. The number of fused-ring (bicyclic) bond motifs is 3.